The first kappa shape index (κ1) is 17.4. The van der Waals surface area contributed by atoms with Crippen LogP contribution in [0.15, 0.2) is 48.5 Å². The van der Waals surface area contributed by atoms with Gasteiger partial charge in [-0.25, -0.2) is 4.39 Å². The van der Waals surface area contributed by atoms with Crippen LogP contribution in [0, 0.1) is 11.7 Å². The van der Waals surface area contributed by atoms with E-state index in [4.69, 9.17) is 0 Å². The topological polar surface area (TPSA) is 52.6 Å². The average molecular weight is 342 g/mol. The number of benzene rings is 2. The van der Waals surface area contributed by atoms with Gasteiger partial charge in [-0.1, -0.05) is 24.3 Å². The second kappa shape index (κ2) is 8.12. The number of carbonyl (C=O) groups excluding carboxylic acids is 1. The number of halogens is 1. The largest absolute Gasteiger partial charge is 0.396 e. The van der Waals surface area contributed by atoms with Crippen LogP contribution < -0.4 is 10.2 Å². The monoisotopic (exact) mass is 342 g/mol. The van der Waals surface area contributed by atoms with Crippen molar-refractivity contribution < 1.29 is 14.3 Å². The van der Waals surface area contributed by atoms with Crippen LogP contribution in [0.5, 0.6) is 0 Å². The van der Waals surface area contributed by atoms with Crippen LogP contribution in [0.4, 0.5) is 15.8 Å². The Kier molecular flexibility index (Phi) is 5.66. The molecule has 0 bridgehead atoms. The van der Waals surface area contributed by atoms with Crippen LogP contribution in [-0.2, 0) is 11.2 Å². The number of anilines is 2. The molecule has 2 aromatic rings. The third kappa shape index (κ3) is 4.57. The minimum absolute atomic E-state index is 0.121. The van der Waals surface area contributed by atoms with E-state index in [1.165, 1.54) is 12.1 Å². The molecule has 5 heteroatoms. The first-order chi connectivity index (χ1) is 12.2. The Hall–Kier alpha value is -2.40. The molecule has 1 aliphatic heterocycles. The summed E-state index contributed by atoms with van der Waals surface area (Å²) in [6.07, 6.45) is 2.12. The van der Waals surface area contributed by atoms with Crippen molar-refractivity contribution >= 4 is 17.3 Å². The first-order valence-electron chi connectivity index (χ1n) is 8.65. The Labute approximate surface area is 147 Å². The number of aliphatic hydroxyl groups is 1. The molecule has 3 rings (SSSR count). The fourth-order valence-electron chi connectivity index (χ4n) is 3.19. The highest BCUT2D eigenvalue weighted by Crippen LogP contribution is 2.29. The molecule has 0 aromatic heterocycles. The number of carbonyl (C=O) groups is 1. The van der Waals surface area contributed by atoms with Gasteiger partial charge in [0.25, 0.3) is 0 Å². The smallest absolute Gasteiger partial charge is 0.228 e. The zero-order valence-corrected chi connectivity index (χ0v) is 14.1. The van der Waals surface area contributed by atoms with Gasteiger partial charge in [-0.05, 0) is 48.6 Å². The van der Waals surface area contributed by atoms with Crippen molar-refractivity contribution in [1.82, 2.24) is 0 Å². The van der Waals surface area contributed by atoms with E-state index in [0.29, 0.717) is 5.92 Å². The predicted molar refractivity (Wildman–Crippen MR) is 97.2 cm³/mol. The molecule has 1 amide bonds. The van der Waals surface area contributed by atoms with Crippen molar-refractivity contribution in [1.29, 1.82) is 0 Å². The van der Waals surface area contributed by atoms with E-state index in [1.54, 1.807) is 12.1 Å². The van der Waals surface area contributed by atoms with Crippen LogP contribution in [0.25, 0.3) is 0 Å². The van der Waals surface area contributed by atoms with Crippen molar-refractivity contribution in [2.45, 2.75) is 19.3 Å². The average Bonchev–Trinajstić information content (AvgIpc) is 2.64. The normalized spacial score (nSPS) is 15.2. The molecule has 0 unspecified atom stereocenters. The number of hydrogen-bond acceptors (Lipinski definition) is 3. The summed E-state index contributed by atoms with van der Waals surface area (Å²) < 4.78 is 13.0. The fourth-order valence-corrected chi connectivity index (χ4v) is 3.19. The van der Waals surface area contributed by atoms with Crippen LogP contribution in [0.2, 0.25) is 0 Å². The van der Waals surface area contributed by atoms with Crippen LogP contribution in [0.1, 0.15) is 18.4 Å². The Morgan fingerprint density at radius 1 is 1.12 bits per heavy atom. The lowest BCUT2D eigenvalue weighted by molar-refractivity contribution is -0.115. The summed E-state index contributed by atoms with van der Waals surface area (Å²) in [4.78, 5) is 14.6. The van der Waals surface area contributed by atoms with E-state index in [-0.39, 0.29) is 24.8 Å². The van der Waals surface area contributed by atoms with E-state index in [0.717, 1.165) is 42.9 Å². The van der Waals surface area contributed by atoms with Gasteiger partial charge in [0.1, 0.15) is 5.82 Å². The summed E-state index contributed by atoms with van der Waals surface area (Å²) >= 11 is 0. The Balaban J connectivity index is 1.66. The Morgan fingerprint density at radius 2 is 1.80 bits per heavy atom. The van der Waals surface area contributed by atoms with Crippen molar-refractivity contribution in [3.05, 3.63) is 59.9 Å². The zero-order valence-electron chi connectivity index (χ0n) is 14.1. The van der Waals surface area contributed by atoms with Gasteiger partial charge in [0, 0.05) is 19.7 Å². The summed E-state index contributed by atoms with van der Waals surface area (Å²) in [5.41, 5.74) is 2.57. The van der Waals surface area contributed by atoms with Crippen molar-refractivity contribution in [2.75, 3.05) is 29.9 Å². The summed E-state index contributed by atoms with van der Waals surface area (Å²) in [5, 5.41) is 12.3. The van der Waals surface area contributed by atoms with Gasteiger partial charge in [-0.3, -0.25) is 4.79 Å². The molecule has 1 aliphatic rings. The molecule has 0 spiro atoms. The third-order valence-electron chi connectivity index (χ3n) is 4.67. The number of aliphatic hydroxyl groups excluding tert-OH is 1. The Bertz CT molecular complexity index is 710. The molecule has 132 valence electrons. The molecule has 25 heavy (non-hydrogen) atoms. The number of amides is 1. The standard InChI is InChI=1S/C20H23FN2O2/c21-17-7-5-15(6-8-17)13-20(25)22-18-3-1-2-4-19(18)23-11-9-16(14-24)10-12-23/h1-8,16,24H,9-14H2,(H,22,25). The van der Waals surface area contributed by atoms with E-state index >= 15 is 0 Å². The van der Waals surface area contributed by atoms with Crippen LogP contribution in [-0.4, -0.2) is 30.7 Å². The number of nitrogens with zero attached hydrogens (tertiary/aromatic N) is 1. The summed E-state index contributed by atoms with van der Waals surface area (Å²) in [6, 6.07) is 13.7. The minimum atomic E-state index is -0.305. The molecule has 0 radical (unpaired) electrons. The summed E-state index contributed by atoms with van der Waals surface area (Å²) in [5.74, 6) is -0.0541. The number of nitrogens with one attached hydrogen (secondary N) is 1. The molecular weight excluding hydrogens is 319 g/mol. The number of para-hydroxylation sites is 2. The van der Waals surface area contributed by atoms with Crippen molar-refractivity contribution in [3.8, 4) is 0 Å². The van der Waals surface area contributed by atoms with E-state index in [2.05, 4.69) is 10.2 Å². The molecule has 1 heterocycles. The Morgan fingerprint density at radius 3 is 2.48 bits per heavy atom. The fraction of sp³-hybridized carbons (Fsp3) is 0.350. The van der Waals surface area contributed by atoms with Gasteiger partial charge in [0.2, 0.25) is 5.91 Å². The van der Waals surface area contributed by atoms with Crippen LogP contribution >= 0.6 is 0 Å². The molecule has 1 fully saturated rings. The molecule has 2 aromatic carbocycles. The number of hydrogen-bond donors (Lipinski definition) is 2. The van der Waals surface area contributed by atoms with E-state index < -0.39 is 0 Å². The maximum Gasteiger partial charge on any atom is 0.228 e. The van der Waals surface area contributed by atoms with Gasteiger partial charge in [-0.2, -0.15) is 0 Å². The maximum absolute atomic E-state index is 13.0. The quantitative estimate of drug-likeness (QED) is 0.877. The third-order valence-corrected chi connectivity index (χ3v) is 4.67. The van der Waals surface area contributed by atoms with Gasteiger partial charge in [-0.15, -0.1) is 0 Å². The molecule has 4 nitrogen and oxygen atoms in total. The van der Waals surface area contributed by atoms with Crippen molar-refractivity contribution in [2.24, 2.45) is 5.92 Å². The lowest BCUT2D eigenvalue weighted by atomic mass is 9.97. The van der Waals surface area contributed by atoms with E-state index in [1.807, 2.05) is 24.3 Å². The molecule has 0 aliphatic carbocycles. The number of piperidine rings is 1. The highest BCUT2D eigenvalue weighted by atomic mass is 19.1. The van der Waals surface area contributed by atoms with Gasteiger partial charge in [0.15, 0.2) is 0 Å². The SMILES string of the molecule is O=C(Cc1ccc(F)cc1)Nc1ccccc1N1CCC(CO)CC1. The molecule has 0 atom stereocenters. The highest BCUT2D eigenvalue weighted by molar-refractivity contribution is 5.95. The van der Waals surface area contributed by atoms with Crippen LogP contribution in [0.3, 0.4) is 0 Å². The van der Waals surface area contributed by atoms with Crippen molar-refractivity contribution in [3.63, 3.8) is 0 Å². The maximum atomic E-state index is 13.0. The predicted octanol–water partition coefficient (Wildman–Crippen LogP) is 3.22. The lowest BCUT2D eigenvalue weighted by Gasteiger charge is -2.34. The molecule has 1 saturated heterocycles. The van der Waals surface area contributed by atoms with Gasteiger partial charge < -0.3 is 15.3 Å². The van der Waals surface area contributed by atoms with Gasteiger partial charge >= 0.3 is 0 Å². The minimum Gasteiger partial charge on any atom is -0.396 e. The molecule has 0 saturated carbocycles. The lowest BCUT2D eigenvalue weighted by Crippen LogP contribution is -2.35. The van der Waals surface area contributed by atoms with E-state index in [9.17, 15) is 14.3 Å². The van der Waals surface area contributed by atoms with Gasteiger partial charge in [0.05, 0.1) is 17.8 Å². The summed E-state index contributed by atoms with van der Waals surface area (Å²) in [6.45, 7) is 1.98. The molecule has 2 N–H and O–H groups in total. The highest BCUT2D eigenvalue weighted by Gasteiger charge is 2.20. The zero-order chi connectivity index (χ0) is 17.6. The second-order valence-electron chi connectivity index (χ2n) is 6.48. The second-order valence-corrected chi connectivity index (χ2v) is 6.48. The number of rotatable bonds is 5. The molecular formula is C20H23FN2O2. The first-order valence-corrected chi connectivity index (χ1v) is 8.65. The summed E-state index contributed by atoms with van der Waals surface area (Å²) in [7, 11) is 0.